The standard InChI is InChI=1S/C18H11Br3N2O3S/c1-9(24)26-16-13(20)6-10(7-14(16)21)8-15-17(25)23-18(27-15)22-12-4-2-11(19)3-5-12/h2-8H,1H3,(H,22,23,25)/b15-8-. The monoisotopic (exact) mass is 572 g/mol. The number of halogens is 3. The summed E-state index contributed by atoms with van der Waals surface area (Å²) in [6, 6.07) is 11.0. The smallest absolute Gasteiger partial charge is 0.308 e. The van der Waals surface area contributed by atoms with Gasteiger partial charge in [0, 0.05) is 11.4 Å². The second-order valence-corrected chi connectivity index (χ2v) is 9.02. The van der Waals surface area contributed by atoms with Crippen molar-refractivity contribution in [3.05, 3.63) is 60.3 Å². The Bertz CT molecular complexity index is 965. The van der Waals surface area contributed by atoms with Gasteiger partial charge in [-0.2, -0.15) is 0 Å². The third kappa shape index (κ3) is 5.31. The summed E-state index contributed by atoms with van der Waals surface area (Å²) in [5.74, 6) is -0.236. The van der Waals surface area contributed by atoms with Crippen molar-refractivity contribution in [1.29, 1.82) is 0 Å². The van der Waals surface area contributed by atoms with Gasteiger partial charge in [0.2, 0.25) is 0 Å². The van der Waals surface area contributed by atoms with E-state index in [1.165, 1.54) is 18.7 Å². The number of ether oxygens (including phenoxy) is 1. The third-order valence-electron chi connectivity index (χ3n) is 3.27. The van der Waals surface area contributed by atoms with Crippen LogP contribution in [-0.4, -0.2) is 17.0 Å². The van der Waals surface area contributed by atoms with E-state index >= 15 is 0 Å². The molecule has 1 N–H and O–H groups in total. The summed E-state index contributed by atoms with van der Waals surface area (Å²) in [5, 5.41) is 3.27. The van der Waals surface area contributed by atoms with Crippen molar-refractivity contribution in [1.82, 2.24) is 5.32 Å². The van der Waals surface area contributed by atoms with Crippen LogP contribution in [0, 0.1) is 0 Å². The molecule has 0 aromatic heterocycles. The number of carbonyl (C=O) groups is 2. The molecule has 0 bridgehead atoms. The summed E-state index contributed by atoms with van der Waals surface area (Å²) >= 11 is 11.4. The van der Waals surface area contributed by atoms with E-state index in [1.54, 1.807) is 18.2 Å². The highest BCUT2D eigenvalue weighted by molar-refractivity contribution is 9.11. The first-order valence-corrected chi connectivity index (χ1v) is 10.7. The SMILES string of the molecule is CC(=O)Oc1c(Br)cc(/C=C2\SC(=Nc3ccc(Br)cc3)NC2=O)cc1Br. The molecule has 2 aromatic carbocycles. The van der Waals surface area contributed by atoms with Gasteiger partial charge in [0.05, 0.1) is 19.5 Å². The summed E-state index contributed by atoms with van der Waals surface area (Å²) in [5.41, 5.74) is 1.52. The van der Waals surface area contributed by atoms with Crippen LogP contribution in [0.2, 0.25) is 0 Å². The molecule has 0 aliphatic carbocycles. The Morgan fingerprint density at radius 1 is 1.15 bits per heavy atom. The minimum atomic E-state index is -0.415. The van der Waals surface area contributed by atoms with Crippen LogP contribution in [0.1, 0.15) is 12.5 Å². The lowest BCUT2D eigenvalue weighted by Gasteiger charge is -2.08. The van der Waals surface area contributed by atoms with Crippen LogP contribution in [0.5, 0.6) is 5.75 Å². The van der Waals surface area contributed by atoms with Gasteiger partial charge in [0.1, 0.15) is 0 Å². The number of hydrogen-bond acceptors (Lipinski definition) is 5. The molecule has 27 heavy (non-hydrogen) atoms. The summed E-state index contributed by atoms with van der Waals surface area (Å²) < 4.78 is 7.32. The van der Waals surface area contributed by atoms with E-state index in [0.29, 0.717) is 24.8 Å². The molecule has 5 nitrogen and oxygen atoms in total. The van der Waals surface area contributed by atoms with Gasteiger partial charge in [-0.25, -0.2) is 4.99 Å². The summed E-state index contributed by atoms with van der Waals surface area (Å²) in [6.07, 6.45) is 1.75. The minimum absolute atomic E-state index is 0.216. The Hall–Kier alpha value is -1.42. The maximum atomic E-state index is 12.2. The fraction of sp³-hybridized carbons (Fsp3) is 0.0556. The predicted octanol–water partition coefficient (Wildman–Crippen LogP) is 5.79. The molecule has 1 heterocycles. The third-order valence-corrected chi connectivity index (χ3v) is 5.89. The zero-order valence-corrected chi connectivity index (χ0v) is 19.3. The lowest BCUT2D eigenvalue weighted by Crippen LogP contribution is -2.19. The van der Waals surface area contributed by atoms with Gasteiger partial charge in [-0.05, 0) is 91.7 Å². The highest BCUT2D eigenvalue weighted by Crippen LogP contribution is 2.36. The molecule has 1 fully saturated rings. The molecular weight excluding hydrogens is 564 g/mol. The molecule has 1 saturated heterocycles. The molecule has 3 rings (SSSR count). The van der Waals surface area contributed by atoms with Crippen molar-refractivity contribution in [3.63, 3.8) is 0 Å². The molecule has 0 spiro atoms. The predicted molar refractivity (Wildman–Crippen MR) is 118 cm³/mol. The van der Waals surface area contributed by atoms with Crippen molar-refractivity contribution < 1.29 is 14.3 Å². The first kappa shape index (κ1) is 20.3. The summed E-state index contributed by atoms with van der Waals surface area (Å²) in [4.78, 5) is 28.4. The molecule has 9 heteroatoms. The molecule has 0 saturated carbocycles. The van der Waals surface area contributed by atoms with E-state index in [2.05, 4.69) is 58.1 Å². The number of hydrogen-bond donors (Lipinski definition) is 1. The number of amidine groups is 1. The van der Waals surface area contributed by atoms with E-state index in [1.807, 2.05) is 24.3 Å². The molecular formula is C18H11Br3N2O3S. The van der Waals surface area contributed by atoms with Crippen LogP contribution < -0.4 is 10.1 Å². The lowest BCUT2D eigenvalue weighted by atomic mass is 10.2. The highest BCUT2D eigenvalue weighted by Gasteiger charge is 2.24. The van der Waals surface area contributed by atoms with E-state index < -0.39 is 5.97 Å². The number of amides is 1. The molecule has 1 amide bonds. The molecule has 0 unspecified atom stereocenters. The van der Waals surface area contributed by atoms with Gasteiger partial charge in [-0.15, -0.1) is 0 Å². The number of nitrogens with zero attached hydrogens (tertiary/aromatic N) is 1. The van der Waals surface area contributed by atoms with Crippen molar-refractivity contribution in [2.24, 2.45) is 4.99 Å². The van der Waals surface area contributed by atoms with Gasteiger partial charge < -0.3 is 10.1 Å². The average molecular weight is 575 g/mol. The zero-order chi connectivity index (χ0) is 19.6. The summed E-state index contributed by atoms with van der Waals surface area (Å²) in [6.45, 7) is 1.33. The van der Waals surface area contributed by atoms with Crippen LogP contribution in [0.25, 0.3) is 6.08 Å². The fourth-order valence-electron chi connectivity index (χ4n) is 2.17. The maximum Gasteiger partial charge on any atom is 0.308 e. The van der Waals surface area contributed by atoms with Crippen LogP contribution in [0.3, 0.4) is 0 Å². The average Bonchev–Trinajstić information content (AvgIpc) is 2.92. The van der Waals surface area contributed by atoms with E-state index in [4.69, 9.17) is 4.74 Å². The van der Waals surface area contributed by atoms with Gasteiger partial charge in [-0.1, -0.05) is 15.9 Å². The Balaban J connectivity index is 1.84. The Morgan fingerprint density at radius 2 is 1.78 bits per heavy atom. The number of rotatable bonds is 3. The quantitative estimate of drug-likeness (QED) is 0.286. The van der Waals surface area contributed by atoms with Gasteiger partial charge >= 0.3 is 5.97 Å². The van der Waals surface area contributed by atoms with Crippen molar-refractivity contribution >= 4 is 88.4 Å². The normalized spacial score (nSPS) is 16.7. The van der Waals surface area contributed by atoms with E-state index in [0.717, 1.165) is 15.7 Å². The minimum Gasteiger partial charge on any atom is -0.424 e. The first-order valence-electron chi connectivity index (χ1n) is 7.54. The second kappa shape index (κ2) is 8.72. The molecule has 0 atom stereocenters. The Morgan fingerprint density at radius 3 is 2.37 bits per heavy atom. The van der Waals surface area contributed by atoms with Crippen LogP contribution >= 0.6 is 59.6 Å². The topological polar surface area (TPSA) is 67.8 Å². The lowest BCUT2D eigenvalue weighted by molar-refractivity contribution is -0.132. The van der Waals surface area contributed by atoms with Crippen molar-refractivity contribution in [2.75, 3.05) is 0 Å². The van der Waals surface area contributed by atoms with Crippen LogP contribution in [-0.2, 0) is 9.59 Å². The number of aliphatic imine (C=N–C) groups is 1. The van der Waals surface area contributed by atoms with Crippen LogP contribution in [0.4, 0.5) is 5.69 Å². The van der Waals surface area contributed by atoms with E-state index in [-0.39, 0.29) is 5.91 Å². The molecule has 138 valence electrons. The molecule has 1 aliphatic heterocycles. The number of esters is 1. The van der Waals surface area contributed by atoms with Gasteiger partial charge in [0.25, 0.3) is 5.91 Å². The highest BCUT2D eigenvalue weighted by atomic mass is 79.9. The number of thioether (sulfide) groups is 1. The Labute approximate surface area is 185 Å². The van der Waals surface area contributed by atoms with Crippen molar-refractivity contribution in [3.8, 4) is 5.75 Å². The number of benzene rings is 2. The maximum absolute atomic E-state index is 12.2. The number of carbonyl (C=O) groups excluding carboxylic acids is 2. The first-order chi connectivity index (χ1) is 12.8. The van der Waals surface area contributed by atoms with Crippen molar-refractivity contribution in [2.45, 2.75) is 6.92 Å². The molecule has 1 aliphatic rings. The van der Waals surface area contributed by atoms with Gasteiger partial charge in [0.15, 0.2) is 10.9 Å². The second-order valence-electron chi connectivity index (χ2n) is 5.37. The molecule has 0 radical (unpaired) electrons. The fourth-order valence-corrected chi connectivity index (χ4v) is 4.66. The van der Waals surface area contributed by atoms with Crippen LogP contribution in [0.15, 0.2) is 59.7 Å². The zero-order valence-electron chi connectivity index (χ0n) is 13.8. The van der Waals surface area contributed by atoms with Gasteiger partial charge in [-0.3, -0.25) is 9.59 Å². The summed E-state index contributed by atoms with van der Waals surface area (Å²) in [7, 11) is 0. The van der Waals surface area contributed by atoms with E-state index in [9.17, 15) is 9.59 Å². The largest absolute Gasteiger partial charge is 0.424 e. The number of nitrogens with one attached hydrogen (secondary N) is 1. The Kier molecular flexibility index (Phi) is 6.56. The molecule has 2 aromatic rings.